The fourth-order valence-electron chi connectivity index (χ4n) is 3.00. The number of amides is 1. The number of fused-ring (bicyclic) bond motifs is 1. The Morgan fingerprint density at radius 1 is 1.57 bits per heavy atom. The smallest absolute Gasteiger partial charge is 0.547 e. The number of hydrogen-bond acceptors (Lipinski definition) is 6. The third kappa shape index (κ3) is 2.77. The predicted octanol–water partition coefficient (Wildman–Crippen LogP) is -2.73. The number of aliphatic hydroxyl groups is 1. The Hall–Kier alpha value is 0.516. The van der Waals surface area contributed by atoms with E-state index in [4.69, 9.17) is 0 Å². The average molecular weight is 425 g/mol. The van der Waals surface area contributed by atoms with Crippen LogP contribution in [0.25, 0.3) is 0 Å². The Balaban J connectivity index is 0.00000192. The molecule has 0 bridgehead atoms. The van der Waals surface area contributed by atoms with Gasteiger partial charge in [-0.25, -0.2) is 0 Å². The van der Waals surface area contributed by atoms with Gasteiger partial charge in [-0.1, -0.05) is 22.0 Å². The van der Waals surface area contributed by atoms with Crippen LogP contribution in [0.1, 0.15) is 25.5 Å². The molecule has 1 aromatic rings. The first-order valence-electron chi connectivity index (χ1n) is 6.71. The molecule has 23 heavy (non-hydrogen) atoms. The summed E-state index contributed by atoms with van der Waals surface area (Å²) in [7, 11) is 0. The minimum Gasteiger partial charge on any atom is -0.547 e. The largest absolute Gasteiger partial charge is 1.00 e. The molecule has 1 amide bonds. The first-order chi connectivity index (χ1) is 10.2. The minimum atomic E-state index is -1.57. The van der Waals surface area contributed by atoms with Crippen molar-refractivity contribution in [2.24, 2.45) is 5.92 Å². The van der Waals surface area contributed by atoms with Crippen LogP contribution in [0, 0.1) is 5.92 Å². The van der Waals surface area contributed by atoms with Gasteiger partial charge >= 0.3 is 51.4 Å². The maximum atomic E-state index is 12.5. The van der Waals surface area contributed by atoms with Gasteiger partial charge in [-0.3, -0.25) is 9.78 Å². The molecular formula is C14H14BrKN2O4S. The number of carboxylic acid groups (broad SMARTS) is 1. The van der Waals surface area contributed by atoms with Gasteiger partial charge in [-0.05, 0) is 25.5 Å². The van der Waals surface area contributed by atoms with Crippen LogP contribution in [0.5, 0.6) is 0 Å². The maximum Gasteiger partial charge on any atom is 1.00 e. The summed E-state index contributed by atoms with van der Waals surface area (Å²) in [5.74, 6) is -2.44. The Bertz CT molecular complexity index is 647. The average Bonchev–Trinajstić information content (AvgIpc) is 2.65. The molecule has 1 N–H and O–H groups in total. The number of hydrogen-bond donors (Lipinski definition) is 1. The number of thioether (sulfide) groups is 1. The SMILES string of the molecule is CC1(C)S[C@@H]2[C@@H]([C@H](O)c3cccnc3)C(=O)N2[C@@]1(Br)C(=O)[O-].[K+]. The molecule has 0 aromatic carbocycles. The van der Waals surface area contributed by atoms with Crippen LogP contribution < -0.4 is 56.5 Å². The normalized spacial score (nSPS) is 32.5. The number of aromatic nitrogens is 1. The predicted molar refractivity (Wildman–Crippen MR) is 81.7 cm³/mol. The molecule has 2 saturated heterocycles. The van der Waals surface area contributed by atoms with E-state index in [9.17, 15) is 19.8 Å². The summed E-state index contributed by atoms with van der Waals surface area (Å²) in [4.78, 5) is 29.3. The van der Waals surface area contributed by atoms with Gasteiger partial charge < -0.3 is 19.9 Å². The van der Waals surface area contributed by atoms with E-state index in [1.54, 1.807) is 32.2 Å². The van der Waals surface area contributed by atoms with Crippen molar-refractivity contribution < 1.29 is 71.2 Å². The van der Waals surface area contributed by atoms with Crippen LogP contribution in [0.15, 0.2) is 24.5 Å². The number of halogens is 1. The van der Waals surface area contributed by atoms with Gasteiger partial charge in [-0.2, -0.15) is 0 Å². The zero-order valence-corrected chi connectivity index (χ0v) is 18.4. The van der Waals surface area contributed by atoms with Gasteiger partial charge in [0.2, 0.25) is 5.91 Å². The molecule has 3 heterocycles. The van der Waals surface area contributed by atoms with Gasteiger partial charge in [0.05, 0.1) is 28.1 Å². The van der Waals surface area contributed by atoms with Gasteiger partial charge in [0, 0.05) is 12.4 Å². The van der Waals surface area contributed by atoms with E-state index in [2.05, 4.69) is 20.9 Å². The van der Waals surface area contributed by atoms with E-state index in [0.717, 1.165) is 0 Å². The molecule has 118 valence electrons. The van der Waals surface area contributed by atoms with Gasteiger partial charge in [0.25, 0.3) is 0 Å². The van der Waals surface area contributed by atoms with Crippen molar-refractivity contribution in [3.8, 4) is 0 Å². The Kier molecular flexibility index (Phi) is 5.76. The Morgan fingerprint density at radius 2 is 2.22 bits per heavy atom. The topological polar surface area (TPSA) is 93.6 Å². The molecule has 6 nitrogen and oxygen atoms in total. The maximum absolute atomic E-state index is 12.5. The van der Waals surface area contributed by atoms with Crippen molar-refractivity contribution in [1.82, 2.24) is 9.88 Å². The second-order valence-corrected chi connectivity index (χ2v) is 8.78. The van der Waals surface area contributed by atoms with Crippen molar-refractivity contribution in [2.75, 3.05) is 0 Å². The van der Waals surface area contributed by atoms with Crippen molar-refractivity contribution in [2.45, 2.75) is 34.5 Å². The minimum absolute atomic E-state index is 0. The molecule has 1 aromatic heterocycles. The molecule has 2 aliphatic heterocycles. The Labute approximate surface area is 189 Å². The number of rotatable bonds is 3. The second-order valence-electron chi connectivity index (χ2n) is 5.89. The second kappa shape index (κ2) is 6.68. The van der Waals surface area contributed by atoms with Gasteiger partial charge in [-0.15, -0.1) is 11.8 Å². The summed E-state index contributed by atoms with van der Waals surface area (Å²) in [6, 6.07) is 3.37. The first kappa shape index (κ1) is 19.8. The monoisotopic (exact) mass is 424 g/mol. The van der Waals surface area contributed by atoms with Crippen molar-refractivity contribution in [3.05, 3.63) is 30.1 Å². The summed E-state index contributed by atoms with van der Waals surface area (Å²) in [5, 5.41) is 21.6. The number of pyridine rings is 1. The summed E-state index contributed by atoms with van der Waals surface area (Å²) < 4.78 is -2.35. The molecule has 0 unspecified atom stereocenters. The number of aliphatic hydroxyl groups excluding tert-OH is 1. The van der Waals surface area contributed by atoms with Crippen LogP contribution >= 0.6 is 27.7 Å². The number of β-lactam (4-membered cyclic amide) rings is 1. The number of carboxylic acids is 1. The van der Waals surface area contributed by atoms with Crippen molar-refractivity contribution in [1.29, 1.82) is 0 Å². The number of alkyl halides is 1. The number of carbonyl (C=O) groups excluding carboxylic acids is 2. The zero-order valence-electron chi connectivity index (χ0n) is 12.9. The quantitative estimate of drug-likeness (QED) is 0.245. The molecule has 9 heteroatoms. The van der Waals surface area contributed by atoms with Gasteiger partial charge in [0.15, 0.2) is 4.45 Å². The van der Waals surface area contributed by atoms with Crippen LogP contribution in [0.3, 0.4) is 0 Å². The van der Waals surface area contributed by atoms with Crippen molar-refractivity contribution >= 4 is 39.6 Å². The Morgan fingerprint density at radius 3 is 2.74 bits per heavy atom. The van der Waals surface area contributed by atoms with Crippen molar-refractivity contribution in [3.63, 3.8) is 0 Å². The van der Waals surface area contributed by atoms with E-state index in [0.29, 0.717) is 5.56 Å². The number of aliphatic carboxylic acids is 1. The van der Waals surface area contributed by atoms with Crippen LogP contribution in [-0.2, 0) is 9.59 Å². The molecule has 0 radical (unpaired) electrons. The number of carbonyl (C=O) groups is 2. The van der Waals surface area contributed by atoms with Gasteiger partial charge in [0.1, 0.15) is 0 Å². The molecular weight excluding hydrogens is 411 g/mol. The third-order valence-electron chi connectivity index (χ3n) is 4.27. The summed E-state index contributed by atoms with van der Waals surface area (Å²) >= 11 is 4.54. The van der Waals surface area contributed by atoms with E-state index in [1.165, 1.54) is 22.9 Å². The summed E-state index contributed by atoms with van der Waals surface area (Å²) in [6.07, 6.45) is 2.08. The first-order valence-corrected chi connectivity index (χ1v) is 8.38. The fraction of sp³-hybridized carbons (Fsp3) is 0.500. The molecule has 0 aliphatic carbocycles. The molecule has 2 fully saturated rings. The molecule has 0 spiro atoms. The molecule has 2 aliphatic rings. The molecule has 3 rings (SSSR count). The molecule has 4 atom stereocenters. The fourth-order valence-corrected chi connectivity index (χ4v) is 5.54. The number of nitrogens with zero attached hydrogens (tertiary/aromatic N) is 2. The standard InChI is InChI=1S/C14H15BrN2O4S.K/c1-13(2)14(15,12(20)21)17-10(19)8(11(17)22-13)9(18)7-4-3-5-16-6-7;/h3-6,8-9,11,18H,1-2H3,(H,20,21);/q;+1/p-1/t8-,9+,11+,14-;/m0./s1. The van der Waals surface area contributed by atoms with E-state index in [1.807, 2.05) is 0 Å². The zero-order chi connectivity index (χ0) is 16.3. The molecule has 0 saturated carbocycles. The summed E-state index contributed by atoms with van der Waals surface area (Å²) in [5.41, 5.74) is 0.541. The van der Waals surface area contributed by atoms with E-state index < -0.39 is 38.5 Å². The van der Waals surface area contributed by atoms with E-state index >= 15 is 0 Å². The summed E-state index contributed by atoms with van der Waals surface area (Å²) in [6.45, 7) is 3.47. The van der Waals surface area contributed by atoms with Crippen LogP contribution in [0.4, 0.5) is 0 Å². The third-order valence-corrected chi connectivity index (χ3v) is 7.86. The van der Waals surface area contributed by atoms with E-state index in [-0.39, 0.29) is 51.4 Å². The van der Waals surface area contributed by atoms with Crippen LogP contribution in [-0.4, -0.2) is 41.4 Å². The van der Waals surface area contributed by atoms with Crippen LogP contribution in [0.2, 0.25) is 0 Å².